The molecule has 0 radical (unpaired) electrons. The Kier molecular flexibility index (Phi) is 6.73. The Labute approximate surface area is 187 Å². The maximum absolute atomic E-state index is 15.1. The van der Waals surface area contributed by atoms with Crippen LogP contribution in [0.15, 0.2) is 65.2 Å². The van der Waals surface area contributed by atoms with Crippen LogP contribution in [-0.4, -0.2) is 41.9 Å². The highest BCUT2D eigenvalue weighted by Gasteiger charge is 2.23. The lowest BCUT2D eigenvalue weighted by Gasteiger charge is -2.16. The first-order valence-electron chi connectivity index (χ1n) is 9.25. The number of rotatable bonds is 7. The predicted octanol–water partition coefficient (Wildman–Crippen LogP) is 4.56. The summed E-state index contributed by atoms with van der Waals surface area (Å²) in [6.07, 6.45) is 1.12. The number of hydrogen-bond donors (Lipinski definition) is 0. The molecule has 0 atom stereocenters. The Hall–Kier alpha value is -3.76. The van der Waals surface area contributed by atoms with Crippen LogP contribution in [0, 0.1) is 5.82 Å². The Morgan fingerprint density at radius 1 is 1.03 bits per heavy atom. The second-order valence-corrected chi connectivity index (χ2v) is 6.59. The highest BCUT2D eigenvalue weighted by Crippen LogP contribution is 2.33. The zero-order valence-electron chi connectivity index (χ0n) is 16.7. The van der Waals surface area contributed by atoms with E-state index in [4.69, 9.17) is 35.5 Å². The fourth-order valence-corrected chi connectivity index (χ4v) is 2.91. The summed E-state index contributed by atoms with van der Waals surface area (Å²) in [5.74, 6) is -1.14. The SMILES string of the molecule is CO/N=C(\C1=NOCOC1)c1ccccc1Oc1ncnc(Oc2ccccc2Cl)c1F. The molecule has 0 N–H and O–H groups in total. The van der Waals surface area contributed by atoms with Crippen LogP contribution in [0.25, 0.3) is 0 Å². The average Bonchev–Trinajstić information content (AvgIpc) is 2.82. The lowest BCUT2D eigenvalue weighted by molar-refractivity contribution is -0.0543. The summed E-state index contributed by atoms with van der Waals surface area (Å²) in [7, 11) is 1.39. The number of para-hydroxylation sites is 2. The van der Waals surface area contributed by atoms with Gasteiger partial charge in [-0.25, -0.2) is 0 Å². The minimum absolute atomic E-state index is 0.0300. The van der Waals surface area contributed by atoms with E-state index >= 15 is 4.39 Å². The van der Waals surface area contributed by atoms with Crippen molar-refractivity contribution in [2.45, 2.75) is 0 Å². The molecule has 0 spiro atoms. The Balaban J connectivity index is 1.66. The standard InChI is InChI=1S/C21H16ClFN4O5/c1-28-27-19(15-10-29-12-30-26-15)13-6-2-4-8-16(13)31-20-18(23)21(25-11-24-20)32-17-9-5-3-7-14(17)22/h2-9,11H,10,12H2,1H3/b27-19-. The molecule has 32 heavy (non-hydrogen) atoms. The van der Waals surface area contributed by atoms with Crippen molar-refractivity contribution in [3.63, 3.8) is 0 Å². The van der Waals surface area contributed by atoms with Gasteiger partial charge in [0.1, 0.15) is 36.4 Å². The van der Waals surface area contributed by atoms with E-state index in [0.29, 0.717) is 22.0 Å². The maximum atomic E-state index is 15.1. The van der Waals surface area contributed by atoms with Crippen molar-refractivity contribution in [3.05, 3.63) is 71.3 Å². The molecule has 0 saturated heterocycles. The van der Waals surface area contributed by atoms with Gasteiger partial charge in [0.2, 0.25) is 12.6 Å². The number of oxime groups is 2. The summed E-state index contributed by atoms with van der Waals surface area (Å²) < 4.78 is 31.6. The van der Waals surface area contributed by atoms with Gasteiger partial charge < -0.3 is 23.9 Å². The first-order chi connectivity index (χ1) is 15.7. The van der Waals surface area contributed by atoms with Crippen molar-refractivity contribution in [1.82, 2.24) is 9.97 Å². The molecule has 0 aliphatic carbocycles. The van der Waals surface area contributed by atoms with E-state index in [0.717, 1.165) is 6.33 Å². The van der Waals surface area contributed by atoms with E-state index in [1.54, 1.807) is 48.5 Å². The molecule has 0 saturated carbocycles. The Bertz CT molecular complexity index is 1170. The monoisotopic (exact) mass is 458 g/mol. The highest BCUT2D eigenvalue weighted by molar-refractivity contribution is 6.49. The van der Waals surface area contributed by atoms with Gasteiger partial charge in [-0.15, -0.1) is 0 Å². The molecule has 4 rings (SSSR count). The molecule has 1 aliphatic rings. The molecule has 0 unspecified atom stereocenters. The van der Waals surface area contributed by atoms with Gasteiger partial charge in [-0.1, -0.05) is 46.2 Å². The normalized spacial score (nSPS) is 13.7. The summed E-state index contributed by atoms with van der Waals surface area (Å²) in [5, 5.41) is 8.26. The van der Waals surface area contributed by atoms with Crippen LogP contribution in [0.5, 0.6) is 23.3 Å². The molecule has 9 nitrogen and oxygen atoms in total. The molecule has 0 bridgehead atoms. The Morgan fingerprint density at radius 2 is 1.72 bits per heavy atom. The zero-order valence-corrected chi connectivity index (χ0v) is 17.5. The van der Waals surface area contributed by atoms with Crippen LogP contribution in [0.1, 0.15) is 5.56 Å². The zero-order chi connectivity index (χ0) is 22.3. The van der Waals surface area contributed by atoms with Gasteiger partial charge in [-0.05, 0) is 24.3 Å². The van der Waals surface area contributed by atoms with Gasteiger partial charge in [-0.3, -0.25) is 0 Å². The second kappa shape index (κ2) is 10.0. The molecular formula is C21H16ClFN4O5. The van der Waals surface area contributed by atoms with E-state index in [9.17, 15) is 0 Å². The van der Waals surface area contributed by atoms with Crippen LogP contribution in [0.4, 0.5) is 4.39 Å². The lowest BCUT2D eigenvalue weighted by Crippen LogP contribution is -2.26. The minimum atomic E-state index is -0.908. The van der Waals surface area contributed by atoms with E-state index in [2.05, 4.69) is 20.3 Å². The van der Waals surface area contributed by atoms with Crippen LogP contribution >= 0.6 is 11.6 Å². The van der Waals surface area contributed by atoms with Gasteiger partial charge in [0.25, 0.3) is 11.8 Å². The van der Waals surface area contributed by atoms with Crippen LogP contribution in [-0.2, 0) is 14.4 Å². The van der Waals surface area contributed by atoms with Crippen LogP contribution in [0.3, 0.4) is 0 Å². The summed E-state index contributed by atoms with van der Waals surface area (Å²) in [6, 6.07) is 13.4. The molecular weight excluding hydrogens is 443 g/mol. The highest BCUT2D eigenvalue weighted by atomic mass is 35.5. The summed E-state index contributed by atoms with van der Waals surface area (Å²) in [6.45, 7) is 0.177. The smallest absolute Gasteiger partial charge is 0.263 e. The third-order valence-corrected chi connectivity index (χ3v) is 4.44. The van der Waals surface area contributed by atoms with Gasteiger partial charge in [0.15, 0.2) is 0 Å². The quantitative estimate of drug-likeness (QED) is 0.378. The van der Waals surface area contributed by atoms with Gasteiger partial charge >= 0.3 is 0 Å². The number of halogens is 2. The first-order valence-corrected chi connectivity index (χ1v) is 9.63. The van der Waals surface area contributed by atoms with Gasteiger partial charge in [0.05, 0.1) is 11.6 Å². The third kappa shape index (κ3) is 4.76. The fourth-order valence-electron chi connectivity index (χ4n) is 2.73. The number of aromatic nitrogens is 2. The molecule has 2 heterocycles. The number of hydrogen-bond acceptors (Lipinski definition) is 9. The van der Waals surface area contributed by atoms with Crippen molar-refractivity contribution in [1.29, 1.82) is 0 Å². The molecule has 1 aromatic heterocycles. The third-order valence-electron chi connectivity index (χ3n) is 4.12. The van der Waals surface area contributed by atoms with Gasteiger partial charge in [0, 0.05) is 5.56 Å². The summed E-state index contributed by atoms with van der Waals surface area (Å²) >= 11 is 6.08. The second-order valence-electron chi connectivity index (χ2n) is 6.18. The van der Waals surface area contributed by atoms with Crippen molar-refractivity contribution >= 4 is 23.0 Å². The van der Waals surface area contributed by atoms with Gasteiger partial charge in [-0.2, -0.15) is 14.4 Å². The number of ether oxygens (including phenoxy) is 3. The molecule has 0 fully saturated rings. The molecule has 1 aliphatic heterocycles. The fraction of sp³-hybridized carbons (Fsp3) is 0.143. The van der Waals surface area contributed by atoms with Crippen molar-refractivity contribution < 1.29 is 28.3 Å². The minimum Gasteiger partial charge on any atom is -0.436 e. The van der Waals surface area contributed by atoms with Crippen LogP contribution in [0.2, 0.25) is 5.02 Å². The lowest BCUT2D eigenvalue weighted by atomic mass is 10.1. The molecule has 3 aromatic rings. The molecule has 2 aromatic carbocycles. The van der Waals surface area contributed by atoms with Crippen LogP contribution < -0.4 is 9.47 Å². The maximum Gasteiger partial charge on any atom is 0.263 e. The first kappa shape index (κ1) is 21.5. The average molecular weight is 459 g/mol. The summed E-state index contributed by atoms with van der Waals surface area (Å²) in [4.78, 5) is 17.6. The van der Waals surface area contributed by atoms with E-state index in [1.165, 1.54) is 7.11 Å². The largest absolute Gasteiger partial charge is 0.436 e. The van der Waals surface area contributed by atoms with E-state index in [1.807, 2.05) is 0 Å². The molecule has 0 amide bonds. The number of benzene rings is 2. The summed E-state index contributed by atoms with van der Waals surface area (Å²) in [5.41, 5.74) is 1.12. The number of nitrogens with zero attached hydrogens (tertiary/aromatic N) is 4. The predicted molar refractivity (Wildman–Crippen MR) is 113 cm³/mol. The van der Waals surface area contributed by atoms with Crippen molar-refractivity contribution in [2.24, 2.45) is 10.3 Å². The Morgan fingerprint density at radius 3 is 2.41 bits per heavy atom. The van der Waals surface area contributed by atoms with E-state index < -0.39 is 5.82 Å². The van der Waals surface area contributed by atoms with Crippen molar-refractivity contribution in [2.75, 3.05) is 20.5 Å². The topological polar surface area (TPSA) is 96.7 Å². The van der Waals surface area contributed by atoms with Crippen molar-refractivity contribution in [3.8, 4) is 23.3 Å². The molecule has 11 heteroatoms. The van der Waals surface area contributed by atoms with E-state index in [-0.39, 0.29) is 36.7 Å². The molecule has 164 valence electrons.